The molecule has 8 nitrogen and oxygen atoms in total. The van der Waals surface area contributed by atoms with Gasteiger partial charge in [0.05, 0.1) is 13.2 Å². The number of Topliss-reactive ketones (excluding diaryl/α,β-unsaturated/α-hetero) is 1. The van der Waals surface area contributed by atoms with E-state index in [1.54, 1.807) is 21.2 Å². The summed E-state index contributed by atoms with van der Waals surface area (Å²) in [7, 11) is 4.88. The summed E-state index contributed by atoms with van der Waals surface area (Å²) in [5.41, 5.74) is 1.90. The third-order valence-electron chi connectivity index (χ3n) is 4.32. The van der Waals surface area contributed by atoms with Gasteiger partial charge >= 0.3 is 0 Å². The first kappa shape index (κ1) is 20.1. The normalized spacial score (nSPS) is 12.3. The number of hydrogen-bond acceptors (Lipinski definition) is 6. The van der Waals surface area contributed by atoms with Gasteiger partial charge in [-0.2, -0.15) is 0 Å². The average molecular weight is 401 g/mol. The van der Waals surface area contributed by atoms with Gasteiger partial charge in [0.1, 0.15) is 5.25 Å². The van der Waals surface area contributed by atoms with Crippen LogP contribution in [-0.4, -0.2) is 69.4 Å². The molecule has 1 aromatic carbocycles. The summed E-state index contributed by atoms with van der Waals surface area (Å²) in [5, 5.41) is 9.31. The van der Waals surface area contributed by atoms with E-state index in [2.05, 4.69) is 15.2 Å². The third-order valence-corrected chi connectivity index (χ3v) is 5.61. The van der Waals surface area contributed by atoms with Gasteiger partial charge in [-0.15, -0.1) is 10.2 Å². The second-order valence-electron chi connectivity index (χ2n) is 6.54. The van der Waals surface area contributed by atoms with Crippen molar-refractivity contribution in [2.75, 3.05) is 27.8 Å². The Labute approximate surface area is 167 Å². The number of aromatic nitrogens is 4. The Morgan fingerprint density at radius 3 is 2.71 bits per heavy atom. The quantitative estimate of drug-likeness (QED) is 0.459. The lowest BCUT2D eigenvalue weighted by molar-refractivity contribution is -0.132. The molecule has 1 atom stereocenters. The maximum Gasteiger partial charge on any atom is 0.243 e. The average Bonchev–Trinajstić information content (AvgIpc) is 3.27. The van der Waals surface area contributed by atoms with Gasteiger partial charge in [-0.1, -0.05) is 30.0 Å². The van der Waals surface area contributed by atoms with Crippen molar-refractivity contribution in [1.82, 2.24) is 24.6 Å². The van der Waals surface area contributed by atoms with Crippen molar-refractivity contribution >= 4 is 34.4 Å². The maximum atomic E-state index is 12.4. The molecule has 0 saturated carbocycles. The van der Waals surface area contributed by atoms with E-state index in [1.807, 2.05) is 35.0 Å². The van der Waals surface area contributed by atoms with Crippen molar-refractivity contribution in [2.45, 2.75) is 23.9 Å². The number of carbonyl (C=O) groups excluding carboxylic acids is 2. The van der Waals surface area contributed by atoms with E-state index in [0.717, 1.165) is 28.2 Å². The second-order valence-corrected chi connectivity index (χ2v) is 7.61. The Kier molecular flexibility index (Phi) is 6.15. The first-order valence-corrected chi connectivity index (χ1v) is 9.69. The number of ether oxygens (including phenoxy) is 1. The summed E-state index contributed by atoms with van der Waals surface area (Å²) >= 11 is 1.12. The van der Waals surface area contributed by atoms with Crippen molar-refractivity contribution in [3.63, 3.8) is 0 Å². The number of para-hydroxylation sites is 1. The first-order valence-electron chi connectivity index (χ1n) is 8.81. The highest BCUT2D eigenvalue weighted by Gasteiger charge is 2.29. The van der Waals surface area contributed by atoms with E-state index < -0.39 is 5.25 Å². The summed E-state index contributed by atoms with van der Waals surface area (Å²) in [5.74, 6) is 0.169. The van der Waals surface area contributed by atoms with E-state index in [9.17, 15) is 9.59 Å². The van der Waals surface area contributed by atoms with Crippen LogP contribution in [0.25, 0.3) is 22.3 Å². The number of hydrogen-bond donors (Lipinski definition) is 1. The van der Waals surface area contributed by atoms with Crippen molar-refractivity contribution in [3.05, 3.63) is 30.5 Å². The van der Waals surface area contributed by atoms with Gasteiger partial charge in [0.25, 0.3) is 0 Å². The highest BCUT2D eigenvalue weighted by molar-refractivity contribution is 8.01. The fourth-order valence-electron chi connectivity index (χ4n) is 2.86. The molecule has 2 aromatic heterocycles. The van der Waals surface area contributed by atoms with Gasteiger partial charge in [0.2, 0.25) is 5.91 Å². The smallest absolute Gasteiger partial charge is 0.243 e. The van der Waals surface area contributed by atoms with Crippen LogP contribution in [0.5, 0.6) is 0 Å². The Bertz CT molecular complexity index is 995. The fourth-order valence-corrected chi connectivity index (χ4v) is 3.94. The molecule has 9 heteroatoms. The lowest BCUT2D eigenvalue weighted by Crippen LogP contribution is -2.36. The SMILES string of the molecule is COCCn1c(S[C@@H](C(C)=O)C(=O)N(C)C)nnc1-c1c[nH]c2ccccc12. The zero-order valence-corrected chi connectivity index (χ0v) is 17.1. The number of nitrogens with zero attached hydrogens (tertiary/aromatic N) is 4. The number of benzene rings is 1. The third kappa shape index (κ3) is 3.95. The number of thioether (sulfide) groups is 1. The molecule has 0 radical (unpaired) electrons. The molecule has 3 rings (SSSR count). The number of nitrogens with one attached hydrogen (secondary N) is 1. The van der Waals surface area contributed by atoms with Crippen molar-refractivity contribution in [1.29, 1.82) is 0 Å². The van der Waals surface area contributed by atoms with E-state index in [-0.39, 0.29) is 11.7 Å². The summed E-state index contributed by atoms with van der Waals surface area (Å²) in [6.45, 7) is 2.37. The zero-order valence-electron chi connectivity index (χ0n) is 16.3. The van der Waals surface area contributed by atoms with Crippen LogP contribution in [0.1, 0.15) is 6.92 Å². The number of ketones is 1. The molecule has 28 heavy (non-hydrogen) atoms. The predicted octanol–water partition coefficient (Wildman–Crippen LogP) is 2.21. The maximum absolute atomic E-state index is 12.4. The van der Waals surface area contributed by atoms with Crippen LogP contribution < -0.4 is 0 Å². The molecule has 0 saturated heterocycles. The largest absolute Gasteiger partial charge is 0.383 e. The molecule has 2 heterocycles. The monoisotopic (exact) mass is 401 g/mol. The molecule has 1 N–H and O–H groups in total. The van der Waals surface area contributed by atoms with Gasteiger partial charge in [0, 0.05) is 43.9 Å². The van der Waals surface area contributed by atoms with E-state index in [0.29, 0.717) is 24.1 Å². The first-order chi connectivity index (χ1) is 13.4. The number of H-pyrrole nitrogens is 1. The summed E-state index contributed by atoms with van der Waals surface area (Å²) in [6, 6.07) is 7.93. The molecule has 0 aliphatic rings. The van der Waals surface area contributed by atoms with Crippen LogP contribution in [0.15, 0.2) is 35.6 Å². The van der Waals surface area contributed by atoms with Crippen molar-refractivity contribution < 1.29 is 14.3 Å². The molecule has 0 unspecified atom stereocenters. The highest BCUT2D eigenvalue weighted by atomic mass is 32.2. The van der Waals surface area contributed by atoms with Crippen LogP contribution in [0.2, 0.25) is 0 Å². The summed E-state index contributed by atoms with van der Waals surface area (Å²) in [6.07, 6.45) is 1.89. The van der Waals surface area contributed by atoms with Crippen LogP contribution in [0.3, 0.4) is 0 Å². The number of rotatable bonds is 8. The Morgan fingerprint density at radius 1 is 1.29 bits per heavy atom. The number of aromatic amines is 1. The number of fused-ring (bicyclic) bond motifs is 1. The zero-order chi connectivity index (χ0) is 20.3. The fraction of sp³-hybridized carbons (Fsp3) is 0.368. The van der Waals surface area contributed by atoms with E-state index >= 15 is 0 Å². The molecule has 0 spiro atoms. The Morgan fingerprint density at radius 2 is 2.04 bits per heavy atom. The molecule has 148 valence electrons. The molecule has 1 amide bonds. The van der Waals surface area contributed by atoms with E-state index in [4.69, 9.17) is 4.74 Å². The van der Waals surface area contributed by atoms with Crippen LogP contribution in [-0.2, 0) is 20.9 Å². The minimum Gasteiger partial charge on any atom is -0.383 e. The van der Waals surface area contributed by atoms with Gasteiger partial charge < -0.3 is 14.6 Å². The number of carbonyl (C=O) groups is 2. The second kappa shape index (κ2) is 8.57. The van der Waals surface area contributed by atoms with Crippen LogP contribution in [0, 0.1) is 0 Å². The lowest BCUT2D eigenvalue weighted by Gasteiger charge is -2.18. The molecule has 0 aliphatic carbocycles. The summed E-state index contributed by atoms with van der Waals surface area (Å²) < 4.78 is 7.12. The molecule has 0 fully saturated rings. The van der Waals surface area contributed by atoms with Crippen LogP contribution >= 0.6 is 11.8 Å². The molecule has 0 bridgehead atoms. The number of amides is 1. The molecular formula is C19H23N5O3S. The minimum absolute atomic E-state index is 0.223. The van der Waals surface area contributed by atoms with Gasteiger partial charge in [0.15, 0.2) is 16.8 Å². The molecule has 3 aromatic rings. The Hall–Kier alpha value is -2.65. The summed E-state index contributed by atoms with van der Waals surface area (Å²) in [4.78, 5) is 29.1. The van der Waals surface area contributed by atoms with Crippen molar-refractivity contribution in [2.24, 2.45) is 0 Å². The van der Waals surface area contributed by atoms with Gasteiger partial charge in [-0.3, -0.25) is 14.2 Å². The minimum atomic E-state index is -0.865. The van der Waals surface area contributed by atoms with Crippen LogP contribution in [0.4, 0.5) is 0 Å². The standard InChI is InChI=1S/C19H23N5O3S/c1-12(25)16(18(26)23(2)3)28-19-22-21-17(24(19)9-10-27-4)14-11-20-15-8-6-5-7-13(14)15/h5-8,11,16,20H,9-10H2,1-4H3/t16-/m0/s1. The molecular weight excluding hydrogens is 378 g/mol. The van der Waals surface area contributed by atoms with Crippen molar-refractivity contribution in [3.8, 4) is 11.4 Å². The lowest BCUT2D eigenvalue weighted by atomic mass is 10.1. The van der Waals surface area contributed by atoms with Gasteiger partial charge in [-0.05, 0) is 13.0 Å². The number of methoxy groups -OCH3 is 1. The predicted molar refractivity (Wildman–Crippen MR) is 108 cm³/mol. The Balaban J connectivity index is 2.03. The topological polar surface area (TPSA) is 93.1 Å². The molecule has 0 aliphatic heterocycles. The van der Waals surface area contributed by atoms with E-state index in [1.165, 1.54) is 11.8 Å². The highest BCUT2D eigenvalue weighted by Crippen LogP contribution is 2.31. The van der Waals surface area contributed by atoms with Gasteiger partial charge in [-0.25, -0.2) is 0 Å².